The van der Waals surface area contributed by atoms with Crippen LogP contribution in [0.1, 0.15) is 0 Å². The van der Waals surface area contributed by atoms with Crippen LogP contribution in [0.15, 0.2) is 24.3 Å². The van der Waals surface area contributed by atoms with Crippen molar-refractivity contribution in [3.63, 3.8) is 0 Å². The van der Waals surface area contributed by atoms with E-state index in [0.717, 1.165) is 0 Å². The van der Waals surface area contributed by atoms with E-state index in [1.807, 2.05) is 0 Å². The Balaban J connectivity index is 2.94. The summed E-state index contributed by atoms with van der Waals surface area (Å²) in [6.07, 6.45) is 0. The standard InChI is InChI=1S/C6H6BFO/c7-9-6-3-1-2-5(8)4-6/h1-4H,7H2. The van der Waals surface area contributed by atoms with Crippen LogP contribution in [0, 0.1) is 5.82 Å². The summed E-state index contributed by atoms with van der Waals surface area (Å²) in [7, 11) is 1.51. The van der Waals surface area contributed by atoms with Gasteiger partial charge in [-0.2, -0.15) is 0 Å². The molecule has 0 heterocycles. The molecule has 1 rings (SSSR count). The van der Waals surface area contributed by atoms with Crippen molar-refractivity contribution in [1.29, 1.82) is 0 Å². The van der Waals surface area contributed by atoms with Crippen molar-refractivity contribution in [2.24, 2.45) is 0 Å². The average Bonchev–Trinajstić information content (AvgIpc) is 1.88. The van der Waals surface area contributed by atoms with Crippen LogP contribution in [0.4, 0.5) is 4.39 Å². The summed E-state index contributed by atoms with van der Waals surface area (Å²) in [4.78, 5) is 0. The zero-order chi connectivity index (χ0) is 6.69. The fraction of sp³-hybridized carbons (Fsp3) is 0. The largest absolute Gasteiger partial charge is 0.568 e. The van der Waals surface area contributed by atoms with Gasteiger partial charge in [-0.05, 0) is 12.1 Å². The molecule has 1 nitrogen and oxygen atoms in total. The van der Waals surface area contributed by atoms with E-state index < -0.39 is 0 Å². The van der Waals surface area contributed by atoms with Crippen LogP contribution in [-0.2, 0) is 0 Å². The van der Waals surface area contributed by atoms with Crippen molar-refractivity contribution in [2.75, 3.05) is 0 Å². The van der Waals surface area contributed by atoms with E-state index >= 15 is 0 Å². The van der Waals surface area contributed by atoms with E-state index in [0.29, 0.717) is 5.75 Å². The molecule has 0 N–H and O–H groups in total. The third-order valence-corrected chi connectivity index (χ3v) is 1.03. The van der Waals surface area contributed by atoms with Gasteiger partial charge in [-0.15, -0.1) is 0 Å². The quantitative estimate of drug-likeness (QED) is 0.502. The summed E-state index contributed by atoms with van der Waals surface area (Å²) in [5, 5.41) is 0. The predicted molar refractivity (Wildman–Crippen MR) is 35.6 cm³/mol. The maximum atomic E-state index is 12.3. The van der Waals surface area contributed by atoms with Gasteiger partial charge in [0.1, 0.15) is 11.6 Å². The van der Waals surface area contributed by atoms with Gasteiger partial charge in [-0.3, -0.25) is 0 Å². The Morgan fingerprint density at radius 2 is 2.22 bits per heavy atom. The minimum atomic E-state index is -0.269. The Bertz CT molecular complexity index is 202. The van der Waals surface area contributed by atoms with Crippen molar-refractivity contribution in [3.05, 3.63) is 30.1 Å². The molecule has 0 aromatic heterocycles. The highest BCUT2D eigenvalue weighted by Crippen LogP contribution is 2.09. The Morgan fingerprint density at radius 3 is 2.67 bits per heavy atom. The van der Waals surface area contributed by atoms with Gasteiger partial charge < -0.3 is 4.65 Å². The fourth-order valence-electron chi connectivity index (χ4n) is 0.594. The van der Waals surface area contributed by atoms with Crippen LogP contribution in [0.3, 0.4) is 0 Å². The molecular weight excluding hydrogens is 118 g/mol. The molecule has 0 aliphatic carbocycles. The van der Waals surface area contributed by atoms with E-state index in [4.69, 9.17) is 4.65 Å². The van der Waals surface area contributed by atoms with Gasteiger partial charge in [0.05, 0.1) is 0 Å². The number of benzene rings is 1. The van der Waals surface area contributed by atoms with E-state index in [1.165, 1.54) is 20.2 Å². The van der Waals surface area contributed by atoms with Gasteiger partial charge in [0, 0.05) is 6.07 Å². The second kappa shape index (κ2) is 2.53. The second-order valence-electron chi connectivity index (χ2n) is 1.66. The molecule has 0 amide bonds. The molecule has 0 radical (unpaired) electrons. The lowest BCUT2D eigenvalue weighted by molar-refractivity contribution is 0.586. The lowest BCUT2D eigenvalue weighted by Gasteiger charge is -1.96. The molecule has 0 saturated carbocycles. The summed E-state index contributed by atoms with van der Waals surface area (Å²) < 4.78 is 17.0. The van der Waals surface area contributed by atoms with Crippen LogP contribution in [-0.4, -0.2) is 8.05 Å². The van der Waals surface area contributed by atoms with E-state index in [2.05, 4.69) is 0 Å². The summed E-state index contributed by atoms with van der Waals surface area (Å²) in [5.74, 6) is 0.282. The highest BCUT2D eigenvalue weighted by Gasteiger charge is 1.89. The molecule has 0 unspecified atom stereocenters. The van der Waals surface area contributed by atoms with Crippen LogP contribution in [0.5, 0.6) is 5.75 Å². The minimum Gasteiger partial charge on any atom is -0.568 e. The zero-order valence-corrected chi connectivity index (χ0v) is 5.10. The summed E-state index contributed by atoms with van der Waals surface area (Å²) in [6.45, 7) is 0. The number of hydrogen-bond acceptors (Lipinski definition) is 1. The Kier molecular flexibility index (Phi) is 1.73. The lowest BCUT2D eigenvalue weighted by Crippen LogP contribution is -1.84. The molecule has 0 fully saturated rings. The van der Waals surface area contributed by atoms with Gasteiger partial charge in [-0.25, -0.2) is 4.39 Å². The van der Waals surface area contributed by atoms with Gasteiger partial charge in [0.25, 0.3) is 0 Å². The normalized spacial score (nSPS) is 9.00. The van der Waals surface area contributed by atoms with Crippen molar-refractivity contribution in [2.45, 2.75) is 0 Å². The topological polar surface area (TPSA) is 9.23 Å². The molecule has 3 heteroatoms. The van der Waals surface area contributed by atoms with Gasteiger partial charge in [0.15, 0.2) is 0 Å². The maximum absolute atomic E-state index is 12.3. The maximum Gasteiger partial charge on any atom is 0.322 e. The molecule has 0 saturated heterocycles. The highest BCUT2D eigenvalue weighted by atomic mass is 19.1. The molecule has 0 aliphatic heterocycles. The number of hydrogen-bond donors (Lipinski definition) is 0. The van der Waals surface area contributed by atoms with E-state index in [9.17, 15) is 4.39 Å². The molecule has 0 atom stereocenters. The molecule has 9 heavy (non-hydrogen) atoms. The SMILES string of the molecule is BOc1cccc(F)c1. The summed E-state index contributed by atoms with van der Waals surface area (Å²) >= 11 is 0. The lowest BCUT2D eigenvalue weighted by atomic mass is 10.3. The van der Waals surface area contributed by atoms with Crippen LogP contribution in [0.2, 0.25) is 0 Å². The van der Waals surface area contributed by atoms with Crippen molar-refractivity contribution in [3.8, 4) is 5.75 Å². The van der Waals surface area contributed by atoms with Crippen LogP contribution in [0.25, 0.3) is 0 Å². The van der Waals surface area contributed by atoms with Crippen molar-refractivity contribution >= 4 is 8.05 Å². The fourth-order valence-corrected chi connectivity index (χ4v) is 0.594. The molecule has 1 aromatic rings. The third kappa shape index (κ3) is 1.45. The Hall–Kier alpha value is -0.985. The first-order valence-corrected chi connectivity index (χ1v) is 2.62. The first-order valence-electron chi connectivity index (χ1n) is 2.62. The molecular formula is C6H6BFO. The van der Waals surface area contributed by atoms with Crippen molar-refractivity contribution in [1.82, 2.24) is 0 Å². The summed E-state index contributed by atoms with van der Waals surface area (Å²) in [5.41, 5.74) is 0. The molecule has 0 aliphatic rings. The van der Waals surface area contributed by atoms with Crippen molar-refractivity contribution < 1.29 is 9.04 Å². The highest BCUT2D eigenvalue weighted by molar-refractivity contribution is 5.99. The average molecular weight is 124 g/mol. The van der Waals surface area contributed by atoms with E-state index in [-0.39, 0.29) is 5.82 Å². The Morgan fingerprint density at radius 1 is 1.44 bits per heavy atom. The molecule has 46 valence electrons. The smallest absolute Gasteiger partial charge is 0.322 e. The predicted octanol–water partition coefficient (Wildman–Crippen LogP) is 0.753. The van der Waals surface area contributed by atoms with E-state index in [1.54, 1.807) is 12.1 Å². The number of halogens is 1. The van der Waals surface area contributed by atoms with Crippen LogP contribution >= 0.6 is 0 Å². The molecule has 0 spiro atoms. The number of rotatable bonds is 1. The first kappa shape index (κ1) is 6.14. The molecule has 1 aromatic carbocycles. The zero-order valence-electron chi connectivity index (χ0n) is 5.10. The first-order chi connectivity index (χ1) is 4.33. The second-order valence-corrected chi connectivity index (χ2v) is 1.66. The minimum absolute atomic E-state index is 0.269. The van der Waals surface area contributed by atoms with Crippen LogP contribution < -0.4 is 4.65 Å². The third-order valence-electron chi connectivity index (χ3n) is 1.03. The summed E-state index contributed by atoms with van der Waals surface area (Å²) in [6, 6.07) is 6.01. The monoisotopic (exact) mass is 124 g/mol. The van der Waals surface area contributed by atoms with Gasteiger partial charge in [-0.1, -0.05) is 6.07 Å². The van der Waals surface area contributed by atoms with Gasteiger partial charge >= 0.3 is 8.05 Å². The Labute approximate surface area is 53.9 Å². The van der Waals surface area contributed by atoms with Gasteiger partial charge in [0.2, 0.25) is 0 Å². The molecule has 0 bridgehead atoms.